The van der Waals surface area contributed by atoms with Crippen LogP contribution in [0.3, 0.4) is 0 Å². The summed E-state index contributed by atoms with van der Waals surface area (Å²) in [6, 6.07) is 7.43. The lowest BCUT2D eigenvalue weighted by molar-refractivity contribution is 0.200. The van der Waals surface area contributed by atoms with Crippen LogP contribution >= 0.6 is 0 Å². The van der Waals surface area contributed by atoms with Gasteiger partial charge < -0.3 is 14.6 Å². The van der Waals surface area contributed by atoms with Gasteiger partial charge in [0.25, 0.3) is 0 Å². The van der Waals surface area contributed by atoms with Crippen LogP contribution in [0.1, 0.15) is 13.3 Å². The summed E-state index contributed by atoms with van der Waals surface area (Å²) in [5.74, 6) is 1.54. The van der Waals surface area contributed by atoms with Crippen LogP contribution in [0.25, 0.3) is 0 Å². The molecule has 0 bridgehead atoms. The summed E-state index contributed by atoms with van der Waals surface area (Å²) in [6.45, 7) is 3.12. The van der Waals surface area contributed by atoms with E-state index in [1.54, 1.807) is 0 Å². The molecule has 0 spiro atoms. The number of benzene rings is 1. The van der Waals surface area contributed by atoms with Crippen LogP contribution in [-0.2, 0) is 0 Å². The Morgan fingerprint density at radius 2 is 1.79 bits per heavy atom. The first-order chi connectivity index (χ1) is 6.86. The van der Waals surface area contributed by atoms with Gasteiger partial charge in [-0.25, -0.2) is 0 Å². The summed E-state index contributed by atoms with van der Waals surface area (Å²) in [5.41, 5.74) is 0. The van der Waals surface area contributed by atoms with Crippen LogP contribution in [0.5, 0.6) is 11.5 Å². The first kappa shape index (κ1) is 10.9. The highest BCUT2D eigenvalue weighted by atomic mass is 16.5. The van der Waals surface area contributed by atoms with Crippen molar-refractivity contribution in [3.05, 3.63) is 24.3 Å². The number of hydrogen-bond donors (Lipinski definition) is 1. The standard InChI is InChI=1S/C11H16O3/c1-2-7-13-10-4-3-5-11(9-10)14-8-6-12/h3-5,9,12H,2,6-8H2,1H3. The van der Waals surface area contributed by atoms with Crippen LogP contribution in [0.15, 0.2) is 24.3 Å². The smallest absolute Gasteiger partial charge is 0.123 e. The molecule has 1 N–H and O–H groups in total. The van der Waals surface area contributed by atoms with Crippen molar-refractivity contribution in [3.8, 4) is 11.5 Å². The second-order valence-electron chi connectivity index (χ2n) is 2.90. The molecule has 0 fully saturated rings. The van der Waals surface area contributed by atoms with Gasteiger partial charge in [0.05, 0.1) is 13.2 Å². The number of rotatable bonds is 6. The van der Waals surface area contributed by atoms with Crippen molar-refractivity contribution in [2.45, 2.75) is 13.3 Å². The fourth-order valence-corrected chi connectivity index (χ4v) is 1.04. The van der Waals surface area contributed by atoms with Crippen molar-refractivity contribution in [2.75, 3.05) is 19.8 Å². The second-order valence-corrected chi connectivity index (χ2v) is 2.90. The predicted molar refractivity (Wildman–Crippen MR) is 54.8 cm³/mol. The molecule has 0 saturated carbocycles. The number of aliphatic hydroxyl groups excluding tert-OH is 1. The topological polar surface area (TPSA) is 38.7 Å². The number of aliphatic hydroxyl groups is 1. The molecule has 0 heterocycles. The maximum Gasteiger partial charge on any atom is 0.123 e. The van der Waals surface area contributed by atoms with E-state index in [-0.39, 0.29) is 6.61 Å². The van der Waals surface area contributed by atoms with E-state index < -0.39 is 0 Å². The molecule has 0 atom stereocenters. The molecule has 78 valence electrons. The third-order valence-electron chi connectivity index (χ3n) is 1.64. The lowest BCUT2D eigenvalue weighted by Gasteiger charge is -2.07. The van der Waals surface area contributed by atoms with Crippen LogP contribution < -0.4 is 9.47 Å². The van der Waals surface area contributed by atoms with E-state index in [1.807, 2.05) is 24.3 Å². The van der Waals surface area contributed by atoms with Crippen LogP contribution in [0.2, 0.25) is 0 Å². The van der Waals surface area contributed by atoms with E-state index in [0.717, 1.165) is 17.9 Å². The van der Waals surface area contributed by atoms with Crippen LogP contribution in [0, 0.1) is 0 Å². The molecule has 0 amide bonds. The van der Waals surface area contributed by atoms with Gasteiger partial charge in [0.1, 0.15) is 18.1 Å². The zero-order chi connectivity index (χ0) is 10.2. The Balaban J connectivity index is 2.50. The zero-order valence-electron chi connectivity index (χ0n) is 8.40. The monoisotopic (exact) mass is 196 g/mol. The first-order valence-electron chi connectivity index (χ1n) is 4.83. The van der Waals surface area contributed by atoms with Gasteiger partial charge in [-0.15, -0.1) is 0 Å². The normalized spacial score (nSPS) is 9.86. The largest absolute Gasteiger partial charge is 0.493 e. The minimum Gasteiger partial charge on any atom is -0.493 e. The maximum atomic E-state index is 8.58. The average Bonchev–Trinajstić information content (AvgIpc) is 2.24. The van der Waals surface area contributed by atoms with Crippen molar-refractivity contribution in [2.24, 2.45) is 0 Å². The summed E-state index contributed by atoms with van der Waals surface area (Å²) >= 11 is 0. The third-order valence-corrected chi connectivity index (χ3v) is 1.64. The summed E-state index contributed by atoms with van der Waals surface area (Å²) in [7, 11) is 0. The summed E-state index contributed by atoms with van der Waals surface area (Å²) in [4.78, 5) is 0. The molecular weight excluding hydrogens is 180 g/mol. The maximum absolute atomic E-state index is 8.58. The lowest BCUT2D eigenvalue weighted by Crippen LogP contribution is -2.02. The highest BCUT2D eigenvalue weighted by Gasteiger charge is 1.96. The molecule has 0 aliphatic carbocycles. The van der Waals surface area contributed by atoms with E-state index in [4.69, 9.17) is 14.6 Å². The van der Waals surface area contributed by atoms with E-state index >= 15 is 0 Å². The molecule has 0 aliphatic rings. The molecule has 0 aromatic heterocycles. The molecular formula is C11H16O3. The Morgan fingerprint density at radius 1 is 1.14 bits per heavy atom. The fraction of sp³-hybridized carbons (Fsp3) is 0.455. The Labute approximate surface area is 84.3 Å². The molecule has 0 radical (unpaired) electrons. The van der Waals surface area contributed by atoms with Gasteiger partial charge in [-0.3, -0.25) is 0 Å². The van der Waals surface area contributed by atoms with E-state index in [2.05, 4.69) is 6.92 Å². The molecule has 3 heteroatoms. The quantitative estimate of drug-likeness (QED) is 0.754. The molecule has 1 aromatic carbocycles. The Bertz CT molecular complexity index is 237. The molecule has 1 rings (SSSR count). The average molecular weight is 196 g/mol. The Hall–Kier alpha value is -1.22. The molecule has 1 aromatic rings. The van der Waals surface area contributed by atoms with Crippen molar-refractivity contribution in [1.82, 2.24) is 0 Å². The number of hydrogen-bond acceptors (Lipinski definition) is 3. The van der Waals surface area contributed by atoms with Crippen molar-refractivity contribution >= 4 is 0 Å². The fourth-order valence-electron chi connectivity index (χ4n) is 1.04. The van der Waals surface area contributed by atoms with Gasteiger partial charge in [0.15, 0.2) is 0 Å². The van der Waals surface area contributed by atoms with Crippen molar-refractivity contribution < 1.29 is 14.6 Å². The SMILES string of the molecule is CCCOc1cccc(OCCO)c1. The van der Waals surface area contributed by atoms with Gasteiger partial charge in [-0.05, 0) is 18.6 Å². The molecule has 0 unspecified atom stereocenters. The molecule has 14 heavy (non-hydrogen) atoms. The van der Waals surface area contributed by atoms with Gasteiger partial charge in [0.2, 0.25) is 0 Å². The van der Waals surface area contributed by atoms with Gasteiger partial charge in [-0.2, -0.15) is 0 Å². The molecule has 3 nitrogen and oxygen atoms in total. The third kappa shape index (κ3) is 3.66. The highest BCUT2D eigenvalue weighted by molar-refractivity contribution is 5.32. The predicted octanol–water partition coefficient (Wildman–Crippen LogP) is 1.85. The van der Waals surface area contributed by atoms with E-state index in [1.165, 1.54) is 0 Å². The van der Waals surface area contributed by atoms with Crippen LogP contribution in [0.4, 0.5) is 0 Å². The zero-order valence-corrected chi connectivity index (χ0v) is 8.40. The van der Waals surface area contributed by atoms with Gasteiger partial charge >= 0.3 is 0 Å². The minimum absolute atomic E-state index is 0.0278. The van der Waals surface area contributed by atoms with Crippen molar-refractivity contribution in [1.29, 1.82) is 0 Å². The highest BCUT2D eigenvalue weighted by Crippen LogP contribution is 2.19. The van der Waals surface area contributed by atoms with Crippen molar-refractivity contribution in [3.63, 3.8) is 0 Å². The molecule has 0 saturated heterocycles. The Morgan fingerprint density at radius 3 is 2.36 bits per heavy atom. The van der Waals surface area contributed by atoms with Crippen LogP contribution in [-0.4, -0.2) is 24.9 Å². The van der Waals surface area contributed by atoms with E-state index in [9.17, 15) is 0 Å². The van der Waals surface area contributed by atoms with Gasteiger partial charge in [-0.1, -0.05) is 13.0 Å². The lowest BCUT2D eigenvalue weighted by atomic mass is 10.3. The Kier molecular flexibility index (Phi) is 4.86. The summed E-state index contributed by atoms with van der Waals surface area (Å²) in [5, 5.41) is 8.58. The number of ether oxygens (including phenoxy) is 2. The molecule has 0 aliphatic heterocycles. The second kappa shape index (κ2) is 6.27. The van der Waals surface area contributed by atoms with E-state index in [0.29, 0.717) is 13.2 Å². The van der Waals surface area contributed by atoms with Gasteiger partial charge in [0, 0.05) is 6.07 Å². The minimum atomic E-state index is 0.0278. The summed E-state index contributed by atoms with van der Waals surface area (Å²) < 4.78 is 10.7. The first-order valence-corrected chi connectivity index (χ1v) is 4.83. The summed E-state index contributed by atoms with van der Waals surface area (Å²) in [6.07, 6.45) is 0.988.